The lowest BCUT2D eigenvalue weighted by Gasteiger charge is -2.58. The average molecular weight is 385 g/mol. The van der Waals surface area contributed by atoms with Crippen LogP contribution >= 0.6 is 0 Å². The van der Waals surface area contributed by atoms with E-state index in [9.17, 15) is 8.42 Å². The Bertz CT molecular complexity index is 682. The van der Waals surface area contributed by atoms with Gasteiger partial charge in [-0.3, -0.25) is 4.18 Å². The lowest BCUT2D eigenvalue weighted by molar-refractivity contribution is -0.0556. The number of hydrogen-bond acceptors (Lipinski definition) is 4. The van der Waals surface area contributed by atoms with Gasteiger partial charge >= 0.3 is 0 Å². The zero-order valence-electron chi connectivity index (χ0n) is 17.3. The van der Waals surface area contributed by atoms with E-state index < -0.39 is 21.8 Å². The molecule has 26 heavy (non-hydrogen) atoms. The van der Waals surface area contributed by atoms with Gasteiger partial charge < -0.3 is 4.74 Å². The van der Waals surface area contributed by atoms with Crippen molar-refractivity contribution in [3.8, 4) is 0 Å². The first-order chi connectivity index (χ1) is 11.8. The molecule has 3 aliphatic rings. The molecule has 3 fully saturated rings. The lowest BCUT2D eigenvalue weighted by atomic mass is 9.47. The highest BCUT2D eigenvalue weighted by Crippen LogP contribution is 2.63. The summed E-state index contributed by atoms with van der Waals surface area (Å²) in [7, 11) is -3.48. The van der Waals surface area contributed by atoms with Gasteiger partial charge in [0.15, 0.2) is 0 Å². The Labute approximate surface area is 159 Å². The number of allylic oxidation sites excluding steroid dienone is 1. The molecule has 0 amide bonds. The highest BCUT2D eigenvalue weighted by Gasteiger charge is 2.61. The van der Waals surface area contributed by atoms with Crippen molar-refractivity contribution >= 4 is 10.1 Å². The summed E-state index contributed by atoms with van der Waals surface area (Å²) in [4.78, 5) is 0. The van der Waals surface area contributed by atoms with Crippen molar-refractivity contribution < 1.29 is 17.3 Å². The summed E-state index contributed by atoms with van der Waals surface area (Å²) in [6.45, 7) is 15.5. The molecule has 1 unspecified atom stereocenters. The van der Waals surface area contributed by atoms with Crippen LogP contribution in [0.4, 0.5) is 0 Å². The van der Waals surface area contributed by atoms with Gasteiger partial charge in [0.25, 0.3) is 10.1 Å². The van der Waals surface area contributed by atoms with Gasteiger partial charge in [-0.1, -0.05) is 39.3 Å². The molecule has 3 rings (SSSR count). The van der Waals surface area contributed by atoms with Crippen LogP contribution in [0.1, 0.15) is 73.1 Å². The molecule has 1 aliphatic heterocycles. The quantitative estimate of drug-likeness (QED) is 0.392. The third-order valence-electron chi connectivity index (χ3n) is 7.87. The van der Waals surface area contributed by atoms with E-state index in [-0.39, 0.29) is 11.5 Å². The molecular weight excluding hydrogens is 348 g/mol. The molecule has 0 aromatic heterocycles. The van der Waals surface area contributed by atoms with E-state index in [4.69, 9.17) is 8.92 Å². The SMILES string of the molecule is C=C1CC[C@H]2C(C)(C)CCC[C@]2(C)[C@H]1C[C@@H]1O[C@@]1(C)C(C)OS(C)(=O)=O. The Balaban J connectivity index is 1.76. The summed E-state index contributed by atoms with van der Waals surface area (Å²) >= 11 is 0. The minimum atomic E-state index is -3.48. The second kappa shape index (κ2) is 6.31. The molecule has 0 bridgehead atoms. The minimum absolute atomic E-state index is 0.0432. The Morgan fingerprint density at radius 1 is 1.27 bits per heavy atom. The average Bonchev–Trinajstić information content (AvgIpc) is 3.12. The van der Waals surface area contributed by atoms with Gasteiger partial charge in [-0.05, 0) is 68.6 Å². The third-order valence-corrected chi connectivity index (χ3v) is 8.51. The van der Waals surface area contributed by atoms with E-state index >= 15 is 0 Å². The molecule has 1 heterocycles. The first-order valence-electron chi connectivity index (χ1n) is 10.0. The molecule has 0 spiro atoms. The van der Waals surface area contributed by atoms with Gasteiger partial charge in [0.2, 0.25) is 0 Å². The van der Waals surface area contributed by atoms with Gasteiger partial charge in [0.1, 0.15) is 11.7 Å². The van der Waals surface area contributed by atoms with Gasteiger partial charge in [0, 0.05) is 0 Å². The van der Waals surface area contributed by atoms with E-state index in [1.807, 2.05) is 6.92 Å². The Kier molecular flexibility index (Phi) is 4.94. The molecule has 5 heteroatoms. The normalized spacial score (nSPS) is 43.6. The monoisotopic (exact) mass is 384 g/mol. The number of rotatable bonds is 5. The highest BCUT2D eigenvalue weighted by atomic mass is 32.2. The van der Waals surface area contributed by atoms with Crippen LogP contribution in [-0.4, -0.2) is 32.5 Å². The second-order valence-corrected chi connectivity index (χ2v) is 11.7. The third kappa shape index (κ3) is 3.51. The fraction of sp³-hybridized carbons (Fsp3) is 0.905. The maximum atomic E-state index is 11.5. The maximum absolute atomic E-state index is 11.5. The van der Waals surface area contributed by atoms with Crippen molar-refractivity contribution in [2.24, 2.45) is 22.7 Å². The zero-order chi connectivity index (χ0) is 19.5. The number of fused-ring (bicyclic) bond motifs is 1. The molecule has 150 valence electrons. The standard InChI is InChI=1S/C21H36O4S/c1-14-9-10-17-19(3,4)11-8-12-20(17,5)16(14)13-18-21(6,24-18)15(2)25-26(7,22)23/h15-18H,1,8-13H2,2-7H3/t15?,16-,17-,18-,20+,21-/m0/s1. The Hall–Kier alpha value is -0.390. The lowest BCUT2D eigenvalue weighted by Crippen LogP contribution is -2.50. The van der Waals surface area contributed by atoms with E-state index in [0.717, 1.165) is 19.1 Å². The second-order valence-electron chi connectivity index (χ2n) is 10.1. The van der Waals surface area contributed by atoms with Crippen LogP contribution in [0.15, 0.2) is 12.2 Å². The topological polar surface area (TPSA) is 55.9 Å². The summed E-state index contributed by atoms with van der Waals surface area (Å²) in [5.41, 5.74) is 1.49. The minimum Gasteiger partial charge on any atom is -0.363 e. The van der Waals surface area contributed by atoms with Gasteiger partial charge in [0.05, 0.1) is 12.4 Å². The molecule has 0 N–H and O–H groups in total. The van der Waals surface area contributed by atoms with Crippen LogP contribution in [0.3, 0.4) is 0 Å². The van der Waals surface area contributed by atoms with Crippen molar-refractivity contribution in [1.29, 1.82) is 0 Å². The van der Waals surface area contributed by atoms with Crippen LogP contribution in [0, 0.1) is 22.7 Å². The van der Waals surface area contributed by atoms with Crippen LogP contribution in [0.25, 0.3) is 0 Å². The zero-order valence-corrected chi connectivity index (χ0v) is 18.1. The molecular formula is C21H36O4S. The molecule has 1 saturated heterocycles. The van der Waals surface area contributed by atoms with Gasteiger partial charge in [-0.25, -0.2) is 0 Å². The summed E-state index contributed by atoms with van der Waals surface area (Å²) < 4.78 is 34.2. The summed E-state index contributed by atoms with van der Waals surface area (Å²) in [6, 6.07) is 0. The van der Waals surface area contributed by atoms with Crippen molar-refractivity contribution in [2.45, 2.75) is 91.0 Å². The summed E-state index contributed by atoms with van der Waals surface area (Å²) in [5, 5.41) is 0. The van der Waals surface area contributed by atoms with E-state index in [0.29, 0.717) is 17.3 Å². The summed E-state index contributed by atoms with van der Waals surface area (Å²) in [6.07, 6.45) is 7.79. The van der Waals surface area contributed by atoms with Crippen LogP contribution in [0.2, 0.25) is 0 Å². The maximum Gasteiger partial charge on any atom is 0.264 e. The van der Waals surface area contributed by atoms with Crippen LogP contribution < -0.4 is 0 Å². The predicted octanol–water partition coefficient (Wildman–Crippen LogP) is 4.70. The van der Waals surface area contributed by atoms with E-state index in [1.165, 1.54) is 31.3 Å². The molecule has 6 atom stereocenters. The van der Waals surface area contributed by atoms with Gasteiger partial charge in [-0.2, -0.15) is 8.42 Å². The van der Waals surface area contributed by atoms with E-state index in [2.05, 4.69) is 27.4 Å². The molecule has 0 aromatic carbocycles. The molecule has 2 aliphatic carbocycles. The van der Waals surface area contributed by atoms with Crippen molar-refractivity contribution in [2.75, 3.05) is 6.26 Å². The van der Waals surface area contributed by atoms with Crippen molar-refractivity contribution in [3.63, 3.8) is 0 Å². The fourth-order valence-electron chi connectivity index (χ4n) is 6.19. The van der Waals surface area contributed by atoms with E-state index in [1.54, 1.807) is 6.92 Å². The number of ether oxygens (including phenoxy) is 1. The first-order valence-corrected chi connectivity index (χ1v) is 11.8. The largest absolute Gasteiger partial charge is 0.363 e. The summed E-state index contributed by atoms with van der Waals surface area (Å²) in [5.74, 6) is 1.16. The number of epoxide rings is 1. The van der Waals surface area contributed by atoms with Crippen molar-refractivity contribution in [1.82, 2.24) is 0 Å². The Morgan fingerprint density at radius 3 is 2.54 bits per heavy atom. The molecule has 4 nitrogen and oxygen atoms in total. The fourth-order valence-corrected chi connectivity index (χ4v) is 6.91. The first kappa shape index (κ1) is 20.3. The smallest absolute Gasteiger partial charge is 0.264 e. The molecule has 0 aromatic rings. The van der Waals surface area contributed by atoms with Gasteiger partial charge in [-0.15, -0.1) is 0 Å². The highest BCUT2D eigenvalue weighted by molar-refractivity contribution is 7.86. The van der Waals surface area contributed by atoms with Crippen molar-refractivity contribution in [3.05, 3.63) is 12.2 Å². The molecule has 2 saturated carbocycles. The number of hydrogen-bond donors (Lipinski definition) is 0. The molecule has 0 radical (unpaired) electrons. The predicted molar refractivity (Wildman–Crippen MR) is 104 cm³/mol. The van der Waals surface area contributed by atoms with Crippen LogP contribution in [0.5, 0.6) is 0 Å². The Morgan fingerprint density at radius 2 is 1.92 bits per heavy atom. The van der Waals surface area contributed by atoms with Crippen LogP contribution in [-0.2, 0) is 19.0 Å².